The summed E-state index contributed by atoms with van der Waals surface area (Å²) in [5.41, 5.74) is 0. The normalized spacial score (nSPS) is 34.4. The first-order chi connectivity index (χ1) is 9.20. The second-order valence-electron chi connectivity index (χ2n) is 7.19. The van der Waals surface area contributed by atoms with Crippen molar-refractivity contribution in [3.63, 3.8) is 0 Å². The minimum absolute atomic E-state index is 0.762. The average molecular weight is 266 g/mol. The minimum atomic E-state index is 0.762. The van der Waals surface area contributed by atoms with Gasteiger partial charge in [-0.1, -0.05) is 26.7 Å². The van der Waals surface area contributed by atoms with Crippen molar-refractivity contribution in [2.45, 2.75) is 64.8 Å². The molecule has 0 bridgehead atoms. The molecule has 0 spiro atoms. The number of likely N-dealkylation sites (tertiary alicyclic amines) is 1. The third kappa shape index (κ3) is 4.46. The molecular formula is C17H34N2. The Kier molecular flexibility index (Phi) is 6.15. The summed E-state index contributed by atoms with van der Waals surface area (Å²) in [6.07, 6.45) is 10.0. The molecule has 1 saturated carbocycles. The molecule has 1 aliphatic carbocycles. The maximum Gasteiger partial charge on any atom is 0.0105 e. The molecule has 112 valence electrons. The van der Waals surface area contributed by atoms with E-state index in [4.69, 9.17) is 0 Å². The fourth-order valence-corrected chi connectivity index (χ4v) is 4.14. The smallest absolute Gasteiger partial charge is 0.0105 e. The average Bonchev–Trinajstić information content (AvgIpc) is 2.67. The van der Waals surface area contributed by atoms with Gasteiger partial charge in [-0.25, -0.2) is 0 Å². The largest absolute Gasteiger partial charge is 0.317 e. The van der Waals surface area contributed by atoms with Crippen molar-refractivity contribution in [2.75, 3.05) is 26.7 Å². The van der Waals surface area contributed by atoms with Crippen LogP contribution in [-0.2, 0) is 0 Å². The van der Waals surface area contributed by atoms with Gasteiger partial charge in [-0.2, -0.15) is 0 Å². The van der Waals surface area contributed by atoms with E-state index in [1.807, 2.05) is 0 Å². The van der Waals surface area contributed by atoms with Crippen molar-refractivity contribution in [3.05, 3.63) is 0 Å². The number of nitrogens with one attached hydrogen (secondary N) is 1. The number of hydrogen-bond acceptors (Lipinski definition) is 2. The highest BCUT2D eigenvalue weighted by molar-refractivity contribution is 4.87. The molecule has 0 aromatic rings. The van der Waals surface area contributed by atoms with Crippen molar-refractivity contribution >= 4 is 0 Å². The number of rotatable bonds is 4. The predicted octanol–water partition coefficient (Wildman–Crippen LogP) is 3.52. The summed E-state index contributed by atoms with van der Waals surface area (Å²) >= 11 is 0. The van der Waals surface area contributed by atoms with Gasteiger partial charge in [0.15, 0.2) is 0 Å². The van der Waals surface area contributed by atoms with Crippen LogP contribution in [0, 0.1) is 17.8 Å². The summed E-state index contributed by atoms with van der Waals surface area (Å²) in [6.45, 7) is 8.86. The van der Waals surface area contributed by atoms with E-state index in [-0.39, 0.29) is 0 Å². The molecule has 3 unspecified atom stereocenters. The summed E-state index contributed by atoms with van der Waals surface area (Å²) in [6, 6.07) is 0.762. The Morgan fingerprint density at radius 2 is 1.74 bits per heavy atom. The lowest BCUT2D eigenvalue weighted by Crippen LogP contribution is -2.45. The van der Waals surface area contributed by atoms with Crippen molar-refractivity contribution < 1.29 is 0 Å². The van der Waals surface area contributed by atoms with E-state index in [9.17, 15) is 0 Å². The van der Waals surface area contributed by atoms with Crippen LogP contribution in [-0.4, -0.2) is 37.6 Å². The molecule has 19 heavy (non-hydrogen) atoms. The molecule has 2 rings (SSSR count). The van der Waals surface area contributed by atoms with Gasteiger partial charge >= 0.3 is 0 Å². The zero-order chi connectivity index (χ0) is 13.7. The lowest BCUT2D eigenvalue weighted by atomic mass is 9.73. The SMILES string of the molecule is CNC1CCC(C(C)C)CC1CN1CCCCCC1. The molecule has 3 atom stereocenters. The maximum absolute atomic E-state index is 3.59. The van der Waals surface area contributed by atoms with Crippen LogP contribution >= 0.6 is 0 Å². The molecule has 0 amide bonds. The summed E-state index contributed by atoms with van der Waals surface area (Å²) in [4.78, 5) is 2.75. The van der Waals surface area contributed by atoms with E-state index in [0.717, 1.165) is 23.8 Å². The fraction of sp³-hybridized carbons (Fsp3) is 1.00. The van der Waals surface area contributed by atoms with Gasteiger partial charge in [-0.05, 0) is 70.0 Å². The van der Waals surface area contributed by atoms with Crippen LogP contribution < -0.4 is 5.32 Å². The molecule has 1 heterocycles. The molecule has 2 nitrogen and oxygen atoms in total. The zero-order valence-electron chi connectivity index (χ0n) is 13.3. The monoisotopic (exact) mass is 266 g/mol. The van der Waals surface area contributed by atoms with Gasteiger partial charge in [0.25, 0.3) is 0 Å². The Balaban J connectivity index is 1.89. The van der Waals surface area contributed by atoms with Crippen molar-refractivity contribution in [1.29, 1.82) is 0 Å². The third-order valence-corrected chi connectivity index (χ3v) is 5.53. The topological polar surface area (TPSA) is 15.3 Å². The molecule has 0 aromatic carbocycles. The lowest BCUT2D eigenvalue weighted by Gasteiger charge is -2.40. The lowest BCUT2D eigenvalue weighted by molar-refractivity contribution is 0.126. The van der Waals surface area contributed by atoms with E-state index >= 15 is 0 Å². The van der Waals surface area contributed by atoms with Crippen LogP contribution in [0.15, 0.2) is 0 Å². The van der Waals surface area contributed by atoms with Gasteiger partial charge in [-0.15, -0.1) is 0 Å². The fourth-order valence-electron chi connectivity index (χ4n) is 4.14. The van der Waals surface area contributed by atoms with Gasteiger partial charge in [0.1, 0.15) is 0 Å². The number of hydrogen-bond donors (Lipinski definition) is 1. The highest BCUT2D eigenvalue weighted by atomic mass is 15.1. The summed E-state index contributed by atoms with van der Waals surface area (Å²) in [5, 5.41) is 3.59. The summed E-state index contributed by atoms with van der Waals surface area (Å²) in [5.74, 6) is 2.70. The summed E-state index contributed by atoms with van der Waals surface area (Å²) < 4.78 is 0. The van der Waals surface area contributed by atoms with E-state index in [0.29, 0.717) is 0 Å². The Labute approximate surface area is 120 Å². The molecule has 1 aliphatic heterocycles. The van der Waals surface area contributed by atoms with Crippen LogP contribution in [0.25, 0.3) is 0 Å². The van der Waals surface area contributed by atoms with Gasteiger partial charge < -0.3 is 10.2 Å². The standard InChI is InChI=1S/C17H34N2/c1-14(2)15-8-9-17(18-3)16(12-15)13-19-10-6-4-5-7-11-19/h14-18H,4-13H2,1-3H3. The van der Waals surface area contributed by atoms with E-state index in [1.54, 1.807) is 0 Å². The van der Waals surface area contributed by atoms with E-state index in [2.05, 4.69) is 31.1 Å². The molecule has 0 radical (unpaired) electrons. The Morgan fingerprint density at radius 3 is 2.32 bits per heavy atom. The van der Waals surface area contributed by atoms with E-state index < -0.39 is 0 Å². The van der Waals surface area contributed by atoms with Gasteiger partial charge in [0.2, 0.25) is 0 Å². The van der Waals surface area contributed by atoms with E-state index in [1.165, 1.54) is 64.6 Å². The molecule has 1 N–H and O–H groups in total. The Morgan fingerprint density at radius 1 is 1.05 bits per heavy atom. The Bertz CT molecular complexity index is 244. The first-order valence-electron chi connectivity index (χ1n) is 8.60. The van der Waals surface area contributed by atoms with Gasteiger partial charge in [-0.3, -0.25) is 0 Å². The van der Waals surface area contributed by atoms with Crippen LogP contribution in [0.4, 0.5) is 0 Å². The number of nitrogens with zero attached hydrogens (tertiary/aromatic N) is 1. The van der Waals surface area contributed by atoms with Gasteiger partial charge in [0, 0.05) is 12.6 Å². The minimum Gasteiger partial charge on any atom is -0.317 e. The summed E-state index contributed by atoms with van der Waals surface area (Å²) in [7, 11) is 2.16. The van der Waals surface area contributed by atoms with Crippen LogP contribution in [0.2, 0.25) is 0 Å². The predicted molar refractivity (Wildman–Crippen MR) is 83.4 cm³/mol. The highest BCUT2D eigenvalue weighted by Crippen LogP contribution is 2.34. The van der Waals surface area contributed by atoms with Gasteiger partial charge in [0.05, 0.1) is 0 Å². The van der Waals surface area contributed by atoms with Crippen molar-refractivity contribution in [3.8, 4) is 0 Å². The first kappa shape index (κ1) is 15.3. The maximum atomic E-state index is 3.59. The molecule has 2 heteroatoms. The van der Waals surface area contributed by atoms with Crippen molar-refractivity contribution in [2.24, 2.45) is 17.8 Å². The second-order valence-corrected chi connectivity index (χ2v) is 7.19. The first-order valence-corrected chi connectivity index (χ1v) is 8.60. The molecular weight excluding hydrogens is 232 g/mol. The Hall–Kier alpha value is -0.0800. The molecule has 2 aliphatic rings. The third-order valence-electron chi connectivity index (χ3n) is 5.53. The molecule has 0 aromatic heterocycles. The van der Waals surface area contributed by atoms with Crippen LogP contribution in [0.5, 0.6) is 0 Å². The zero-order valence-corrected chi connectivity index (χ0v) is 13.3. The van der Waals surface area contributed by atoms with Crippen LogP contribution in [0.3, 0.4) is 0 Å². The molecule has 2 fully saturated rings. The van der Waals surface area contributed by atoms with Crippen LogP contribution in [0.1, 0.15) is 58.8 Å². The highest BCUT2D eigenvalue weighted by Gasteiger charge is 2.32. The second kappa shape index (κ2) is 7.64. The molecule has 1 saturated heterocycles. The quantitative estimate of drug-likeness (QED) is 0.837. The van der Waals surface area contributed by atoms with Crippen molar-refractivity contribution in [1.82, 2.24) is 10.2 Å².